The summed E-state index contributed by atoms with van der Waals surface area (Å²) < 4.78 is 13.3. The molecular formula is C16H15ClFNO. The lowest BCUT2D eigenvalue weighted by molar-refractivity contribution is 0.0993. The Morgan fingerprint density at radius 1 is 1.10 bits per heavy atom. The molecule has 2 N–H and O–H groups in total. The first-order chi connectivity index (χ1) is 9.60. The smallest absolute Gasteiger partial charge is 0.167 e. The Hall–Kier alpha value is -1.71. The zero-order valence-electron chi connectivity index (χ0n) is 10.9. The van der Waals surface area contributed by atoms with Crippen LogP contribution >= 0.6 is 11.6 Å². The van der Waals surface area contributed by atoms with Crippen molar-refractivity contribution in [2.24, 2.45) is 5.73 Å². The van der Waals surface area contributed by atoms with Crippen LogP contribution in [0.1, 0.15) is 21.5 Å². The Morgan fingerprint density at radius 2 is 1.75 bits per heavy atom. The fraction of sp³-hybridized carbons (Fsp3) is 0.188. The molecular weight excluding hydrogens is 277 g/mol. The third kappa shape index (κ3) is 3.65. The molecule has 0 fully saturated rings. The highest BCUT2D eigenvalue weighted by atomic mass is 35.5. The van der Waals surface area contributed by atoms with Gasteiger partial charge in [0.15, 0.2) is 5.78 Å². The Morgan fingerprint density at radius 3 is 2.35 bits per heavy atom. The van der Waals surface area contributed by atoms with E-state index in [0.717, 1.165) is 12.0 Å². The zero-order chi connectivity index (χ0) is 14.5. The van der Waals surface area contributed by atoms with Crippen LogP contribution in [0.2, 0.25) is 5.02 Å². The van der Waals surface area contributed by atoms with Crippen LogP contribution in [-0.2, 0) is 12.8 Å². The van der Waals surface area contributed by atoms with Crippen LogP contribution in [0.25, 0.3) is 0 Å². The van der Waals surface area contributed by atoms with E-state index < -0.39 is 5.82 Å². The van der Waals surface area contributed by atoms with Gasteiger partial charge < -0.3 is 5.73 Å². The van der Waals surface area contributed by atoms with Crippen molar-refractivity contribution >= 4 is 17.4 Å². The van der Waals surface area contributed by atoms with Gasteiger partial charge in [-0.15, -0.1) is 0 Å². The minimum Gasteiger partial charge on any atom is -0.330 e. The van der Waals surface area contributed by atoms with Crippen LogP contribution in [-0.4, -0.2) is 12.3 Å². The molecule has 2 nitrogen and oxygen atoms in total. The van der Waals surface area contributed by atoms with Gasteiger partial charge in [0, 0.05) is 12.0 Å². The van der Waals surface area contributed by atoms with E-state index in [-0.39, 0.29) is 17.2 Å². The summed E-state index contributed by atoms with van der Waals surface area (Å²) in [5, 5.41) is 0.0623. The van der Waals surface area contributed by atoms with Gasteiger partial charge in [0.1, 0.15) is 5.82 Å². The molecule has 0 aliphatic rings. The molecule has 0 atom stereocenters. The maximum absolute atomic E-state index is 13.3. The maximum atomic E-state index is 13.3. The predicted octanol–water partition coefficient (Wildman–Crippen LogP) is 3.41. The molecule has 20 heavy (non-hydrogen) atoms. The standard InChI is InChI=1S/C16H15ClFNO/c17-14-6-3-12(9-15(14)18)10-16(20)13-4-1-11(2-5-13)7-8-19/h1-6,9H,7-8,10,19H2. The minimum atomic E-state index is -0.504. The zero-order valence-corrected chi connectivity index (χ0v) is 11.7. The van der Waals surface area contributed by atoms with Crippen LogP contribution in [0.3, 0.4) is 0 Å². The summed E-state index contributed by atoms with van der Waals surface area (Å²) in [4.78, 5) is 12.1. The second kappa shape index (κ2) is 6.64. The number of carbonyl (C=O) groups excluding carboxylic acids is 1. The van der Waals surface area contributed by atoms with E-state index in [0.29, 0.717) is 17.7 Å². The Bertz CT molecular complexity index is 610. The van der Waals surface area contributed by atoms with E-state index in [2.05, 4.69) is 0 Å². The minimum absolute atomic E-state index is 0.0500. The lowest BCUT2D eigenvalue weighted by Gasteiger charge is -2.04. The van der Waals surface area contributed by atoms with E-state index in [9.17, 15) is 9.18 Å². The number of ketones is 1. The van der Waals surface area contributed by atoms with Crippen LogP contribution in [0, 0.1) is 5.82 Å². The summed E-state index contributed by atoms with van der Waals surface area (Å²) in [6, 6.07) is 11.8. The second-order valence-corrected chi connectivity index (χ2v) is 4.99. The van der Waals surface area contributed by atoms with Crippen molar-refractivity contribution in [3.8, 4) is 0 Å². The summed E-state index contributed by atoms with van der Waals surface area (Å²) >= 11 is 5.61. The predicted molar refractivity (Wildman–Crippen MR) is 78.6 cm³/mol. The third-order valence-corrected chi connectivity index (χ3v) is 3.36. The van der Waals surface area contributed by atoms with Crippen molar-refractivity contribution in [3.05, 3.63) is 70.0 Å². The number of benzene rings is 2. The second-order valence-electron chi connectivity index (χ2n) is 4.58. The summed E-state index contributed by atoms with van der Waals surface area (Å²) in [5.41, 5.74) is 7.80. The van der Waals surface area contributed by atoms with Crippen LogP contribution < -0.4 is 5.73 Å². The van der Waals surface area contributed by atoms with Crippen molar-refractivity contribution in [1.82, 2.24) is 0 Å². The molecule has 2 aromatic carbocycles. The number of hydrogen-bond donors (Lipinski definition) is 1. The Balaban J connectivity index is 2.09. The Kier molecular flexibility index (Phi) is 4.88. The molecule has 2 aromatic rings. The molecule has 0 amide bonds. The molecule has 0 heterocycles. The van der Waals surface area contributed by atoms with Gasteiger partial charge in [-0.1, -0.05) is 41.9 Å². The lowest BCUT2D eigenvalue weighted by atomic mass is 10.0. The highest BCUT2D eigenvalue weighted by Gasteiger charge is 2.09. The normalized spacial score (nSPS) is 10.6. The molecule has 0 saturated heterocycles. The van der Waals surface area contributed by atoms with Gasteiger partial charge in [0.05, 0.1) is 5.02 Å². The van der Waals surface area contributed by atoms with Crippen LogP contribution in [0.4, 0.5) is 4.39 Å². The van der Waals surface area contributed by atoms with Gasteiger partial charge in [-0.3, -0.25) is 4.79 Å². The highest BCUT2D eigenvalue weighted by Crippen LogP contribution is 2.17. The molecule has 0 aliphatic heterocycles. The largest absolute Gasteiger partial charge is 0.330 e. The monoisotopic (exact) mass is 291 g/mol. The molecule has 0 saturated carbocycles. The first-order valence-electron chi connectivity index (χ1n) is 6.36. The fourth-order valence-corrected chi connectivity index (χ4v) is 2.08. The maximum Gasteiger partial charge on any atom is 0.167 e. The molecule has 0 radical (unpaired) electrons. The van der Waals surface area contributed by atoms with Crippen molar-refractivity contribution in [2.45, 2.75) is 12.8 Å². The van der Waals surface area contributed by atoms with E-state index in [1.165, 1.54) is 12.1 Å². The topological polar surface area (TPSA) is 43.1 Å². The first kappa shape index (κ1) is 14.7. The summed E-state index contributed by atoms with van der Waals surface area (Å²) in [6.45, 7) is 0.581. The van der Waals surface area contributed by atoms with Crippen molar-refractivity contribution in [1.29, 1.82) is 0 Å². The Labute approximate surface area is 122 Å². The number of Topliss-reactive ketones (excluding diaryl/α,β-unsaturated/α-hetero) is 1. The first-order valence-corrected chi connectivity index (χ1v) is 6.74. The summed E-state index contributed by atoms with van der Waals surface area (Å²) in [6.07, 6.45) is 0.946. The lowest BCUT2D eigenvalue weighted by Crippen LogP contribution is -2.05. The van der Waals surface area contributed by atoms with Crippen molar-refractivity contribution in [2.75, 3.05) is 6.54 Å². The number of hydrogen-bond acceptors (Lipinski definition) is 2. The molecule has 2 rings (SSSR count). The number of halogens is 2. The molecule has 0 unspecified atom stereocenters. The van der Waals surface area contributed by atoms with Gasteiger partial charge in [-0.05, 0) is 36.2 Å². The number of carbonyl (C=O) groups is 1. The highest BCUT2D eigenvalue weighted by molar-refractivity contribution is 6.30. The summed E-state index contributed by atoms with van der Waals surface area (Å²) in [5.74, 6) is -0.554. The van der Waals surface area contributed by atoms with E-state index >= 15 is 0 Å². The van der Waals surface area contributed by atoms with Crippen molar-refractivity contribution in [3.63, 3.8) is 0 Å². The van der Waals surface area contributed by atoms with Gasteiger partial charge >= 0.3 is 0 Å². The van der Waals surface area contributed by atoms with E-state index in [1.54, 1.807) is 18.2 Å². The van der Waals surface area contributed by atoms with Gasteiger partial charge in [-0.25, -0.2) is 4.39 Å². The van der Waals surface area contributed by atoms with Gasteiger partial charge in [-0.2, -0.15) is 0 Å². The number of rotatable bonds is 5. The average Bonchev–Trinajstić information content (AvgIpc) is 2.44. The van der Waals surface area contributed by atoms with Crippen LogP contribution in [0.5, 0.6) is 0 Å². The molecule has 4 heteroatoms. The summed E-state index contributed by atoms with van der Waals surface area (Å²) in [7, 11) is 0. The molecule has 0 aromatic heterocycles. The van der Waals surface area contributed by atoms with Crippen LogP contribution in [0.15, 0.2) is 42.5 Å². The third-order valence-electron chi connectivity index (χ3n) is 3.06. The molecule has 0 spiro atoms. The quantitative estimate of drug-likeness (QED) is 0.858. The average molecular weight is 292 g/mol. The molecule has 0 aliphatic carbocycles. The van der Waals surface area contributed by atoms with E-state index in [1.807, 2.05) is 12.1 Å². The molecule has 0 bridgehead atoms. The molecule has 104 valence electrons. The number of nitrogens with two attached hydrogens (primary N) is 1. The fourth-order valence-electron chi connectivity index (χ4n) is 1.96. The van der Waals surface area contributed by atoms with Crippen molar-refractivity contribution < 1.29 is 9.18 Å². The van der Waals surface area contributed by atoms with E-state index in [4.69, 9.17) is 17.3 Å². The van der Waals surface area contributed by atoms with Gasteiger partial charge in [0.2, 0.25) is 0 Å². The van der Waals surface area contributed by atoms with Gasteiger partial charge in [0.25, 0.3) is 0 Å². The SMILES string of the molecule is NCCc1ccc(C(=O)Cc2ccc(Cl)c(F)c2)cc1.